The summed E-state index contributed by atoms with van der Waals surface area (Å²) >= 11 is 0. The van der Waals surface area contributed by atoms with Crippen LogP contribution in [0.5, 0.6) is 0 Å². The molecule has 1 aliphatic rings. The molecule has 2 aromatic carbocycles. The van der Waals surface area contributed by atoms with Crippen LogP contribution in [0.1, 0.15) is 44.7 Å². The zero-order chi connectivity index (χ0) is 24.0. The lowest BCUT2D eigenvalue weighted by Gasteiger charge is -2.17. The monoisotopic (exact) mass is 478 g/mol. The Morgan fingerprint density at radius 3 is 2.39 bits per heavy atom. The summed E-state index contributed by atoms with van der Waals surface area (Å²) in [7, 11) is -3.26. The fourth-order valence-corrected chi connectivity index (χ4v) is 5.59. The van der Waals surface area contributed by atoms with Crippen molar-refractivity contribution in [1.82, 2.24) is 9.29 Å². The third kappa shape index (κ3) is 5.44. The number of halogens is 3. The molecule has 1 fully saturated rings. The van der Waals surface area contributed by atoms with Gasteiger partial charge >= 0.3 is 6.18 Å². The second-order valence-electron chi connectivity index (χ2n) is 10.00. The van der Waals surface area contributed by atoms with Crippen LogP contribution in [0.4, 0.5) is 13.2 Å². The number of nitrogens with zero attached hydrogens (tertiary/aromatic N) is 1. The van der Waals surface area contributed by atoms with Crippen molar-refractivity contribution in [2.24, 2.45) is 5.41 Å². The normalized spacial score (nSPS) is 15.3. The number of benzene rings is 2. The largest absolute Gasteiger partial charge is 0.417 e. The van der Waals surface area contributed by atoms with Crippen molar-refractivity contribution in [3.05, 3.63) is 59.8 Å². The predicted octanol–water partition coefficient (Wildman–Crippen LogP) is 6.00. The number of rotatable bonds is 7. The summed E-state index contributed by atoms with van der Waals surface area (Å²) in [4.78, 5) is 0. The van der Waals surface area contributed by atoms with Crippen molar-refractivity contribution in [2.75, 3.05) is 6.54 Å². The molecule has 1 heterocycles. The maximum atomic E-state index is 13.6. The van der Waals surface area contributed by atoms with Crippen LogP contribution in [0.25, 0.3) is 22.0 Å². The molecule has 1 aliphatic carbocycles. The molecule has 0 aliphatic heterocycles. The Kier molecular flexibility index (Phi) is 6.12. The minimum absolute atomic E-state index is 0.0213. The molecule has 0 spiro atoms. The minimum atomic E-state index is -4.44. The molecule has 1 saturated carbocycles. The van der Waals surface area contributed by atoms with Crippen LogP contribution in [0.2, 0.25) is 0 Å². The SMILES string of the molecule is CC(C)(C)Cc1cn(CCNS(=O)(=O)C2CC2)c2ccc(-c3ccccc3C(F)(F)F)cc12. The number of hydrogen-bond acceptors (Lipinski definition) is 2. The van der Waals surface area contributed by atoms with E-state index in [1.54, 1.807) is 12.1 Å². The Morgan fingerprint density at radius 1 is 1.06 bits per heavy atom. The fraction of sp³-hybridized carbons (Fsp3) is 0.440. The van der Waals surface area contributed by atoms with E-state index in [1.165, 1.54) is 12.1 Å². The van der Waals surface area contributed by atoms with Crippen molar-refractivity contribution < 1.29 is 21.6 Å². The minimum Gasteiger partial charge on any atom is -0.346 e. The van der Waals surface area contributed by atoms with Crippen molar-refractivity contribution in [3.8, 4) is 11.1 Å². The average Bonchev–Trinajstić information content (AvgIpc) is 3.52. The summed E-state index contributed by atoms with van der Waals surface area (Å²) < 4.78 is 69.7. The smallest absolute Gasteiger partial charge is 0.346 e. The summed E-state index contributed by atoms with van der Waals surface area (Å²) in [6.45, 7) is 7.07. The third-order valence-corrected chi connectivity index (χ3v) is 7.80. The van der Waals surface area contributed by atoms with Gasteiger partial charge in [0.05, 0.1) is 10.8 Å². The molecule has 0 radical (unpaired) electrons. The van der Waals surface area contributed by atoms with E-state index >= 15 is 0 Å². The topological polar surface area (TPSA) is 51.1 Å². The van der Waals surface area contributed by atoms with Gasteiger partial charge < -0.3 is 4.57 Å². The Bertz CT molecular complexity index is 1270. The Hall–Kier alpha value is -2.32. The van der Waals surface area contributed by atoms with Crippen molar-refractivity contribution >= 4 is 20.9 Å². The number of aromatic nitrogens is 1. The highest BCUT2D eigenvalue weighted by Gasteiger charge is 2.35. The van der Waals surface area contributed by atoms with E-state index in [2.05, 4.69) is 25.5 Å². The molecule has 0 bridgehead atoms. The Morgan fingerprint density at radius 2 is 1.76 bits per heavy atom. The van der Waals surface area contributed by atoms with E-state index in [0.717, 1.165) is 29.0 Å². The van der Waals surface area contributed by atoms with Gasteiger partial charge in [0.15, 0.2) is 0 Å². The second kappa shape index (κ2) is 8.47. The van der Waals surface area contributed by atoms with Crippen LogP contribution in [0.3, 0.4) is 0 Å². The van der Waals surface area contributed by atoms with E-state index in [0.29, 0.717) is 24.9 Å². The summed E-state index contributed by atoms with van der Waals surface area (Å²) in [6, 6.07) is 11.0. The first-order chi connectivity index (χ1) is 15.4. The average molecular weight is 479 g/mol. The summed E-state index contributed by atoms with van der Waals surface area (Å²) in [6.07, 6.45) is -0.278. The highest BCUT2D eigenvalue weighted by atomic mass is 32.2. The molecule has 0 atom stereocenters. The van der Waals surface area contributed by atoms with E-state index in [-0.39, 0.29) is 22.8 Å². The molecule has 3 aromatic rings. The van der Waals surface area contributed by atoms with Gasteiger partial charge in [0, 0.05) is 30.2 Å². The molecule has 0 saturated heterocycles. The lowest BCUT2D eigenvalue weighted by atomic mass is 9.87. The van der Waals surface area contributed by atoms with Gasteiger partial charge in [-0.3, -0.25) is 0 Å². The molecule has 0 amide bonds. The highest BCUT2D eigenvalue weighted by Crippen LogP contribution is 2.39. The van der Waals surface area contributed by atoms with Gasteiger partial charge in [-0.05, 0) is 59.6 Å². The molecule has 178 valence electrons. The number of sulfonamides is 1. The van der Waals surface area contributed by atoms with Gasteiger partial charge in [-0.25, -0.2) is 13.1 Å². The molecule has 33 heavy (non-hydrogen) atoms. The van der Waals surface area contributed by atoms with Gasteiger partial charge in [0.1, 0.15) is 0 Å². The van der Waals surface area contributed by atoms with Crippen LogP contribution < -0.4 is 4.72 Å². The lowest BCUT2D eigenvalue weighted by Crippen LogP contribution is -2.30. The van der Waals surface area contributed by atoms with Gasteiger partial charge in [-0.1, -0.05) is 45.0 Å². The molecule has 4 rings (SSSR count). The number of nitrogens with one attached hydrogen (secondary N) is 1. The molecular formula is C25H29F3N2O2S. The van der Waals surface area contributed by atoms with Crippen LogP contribution in [0.15, 0.2) is 48.7 Å². The second-order valence-corrected chi connectivity index (χ2v) is 12.0. The van der Waals surface area contributed by atoms with Gasteiger partial charge in [0.2, 0.25) is 10.0 Å². The van der Waals surface area contributed by atoms with E-state index in [9.17, 15) is 21.6 Å². The summed E-state index contributed by atoms with van der Waals surface area (Å²) in [5.74, 6) is 0. The first kappa shape index (κ1) is 23.8. The maximum Gasteiger partial charge on any atom is 0.417 e. The molecule has 8 heteroatoms. The van der Waals surface area contributed by atoms with E-state index in [1.807, 2.05) is 22.9 Å². The van der Waals surface area contributed by atoms with Crippen LogP contribution in [-0.2, 0) is 29.2 Å². The standard InChI is InChI=1S/C25H29F3N2O2S/c1-24(2,3)15-18-16-30(13-12-29-33(31,32)19-9-10-19)23-11-8-17(14-21(18)23)20-6-4-5-7-22(20)25(26,27)28/h4-8,11,14,16,19,29H,9-10,12-13,15H2,1-3H3. The third-order valence-electron chi connectivity index (χ3n) is 5.85. The van der Waals surface area contributed by atoms with Crippen LogP contribution in [0, 0.1) is 5.41 Å². The number of hydrogen-bond donors (Lipinski definition) is 1. The summed E-state index contributed by atoms with van der Waals surface area (Å²) in [5.41, 5.74) is 1.90. The first-order valence-electron chi connectivity index (χ1n) is 11.1. The first-order valence-corrected chi connectivity index (χ1v) is 12.7. The van der Waals surface area contributed by atoms with Gasteiger partial charge in [0.25, 0.3) is 0 Å². The number of alkyl halides is 3. The quantitative estimate of drug-likeness (QED) is 0.453. The fourth-order valence-electron chi connectivity index (χ4n) is 4.22. The molecule has 1 N–H and O–H groups in total. The molecular weight excluding hydrogens is 449 g/mol. The number of fused-ring (bicyclic) bond motifs is 1. The van der Waals surface area contributed by atoms with Crippen LogP contribution >= 0.6 is 0 Å². The van der Waals surface area contributed by atoms with E-state index < -0.39 is 21.8 Å². The Labute approximate surface area is 192 Å². The van der Waals surface area contributed by atoms with Crippen molar-refractivity contribution in [1.29, 1.82) is 0 Å². The van der Waals surface area contributed by atoms with Crippen molar-refractivity contribution in [2.45, 2.75) is 58.0 Å². The zero-order valence-corrected chi connectivity index (χ0v) is 19.9. The Balaban J connectivity index is 1.72. The van der Waals surface area contributed by atoms with Gasteiger partial charge in [-0.15, -0.1) is 0 Å². The maximum absolute atomic E-state index is 13.6. The van der Waals surface area contributed by atoms with E-state index in [4.69, 9.17) is 0 Å². The zero-order valence-electron chi connectivity index (χ0n) is 19.0. The lowest BCUT2D eigenvalue weighted by molar-refractivity contribution is -0.137. The van der Waals surface area contributed by atoms with Gasteiger partial charge in [-0.2, -0.15) is 13.2 Å². The summed E-state index contributed by atoms with van der Waals surface area (Å²) in [5, 5.41) is 0.621. The molecule has 0 unspecified atom stereocenters. The van der Waals surface area contributed by atoms with Crippen molar-refractivity contribution in [3.63, 3.8) is 0 Å². The molecule has 1 aromatic heterocycles. The highest BCUT2D eigenvalue weighted by molar-refractivity contribution is 7.90. The van der Waals surface area contributed by atoms with Crippen LogP contribution in [-0.4, -0.2) is 24.8 Å². The predicted molar refractivity (Wildman–Crippen MR) is 125 cm³/mol. The molecule has 4 nitrogen and oxygen atoms in total.